The summed E-state index contributed by atoms with van der Waals surface area (Å²) >= 11 is 0. The minimum atomic E-state index is -0.140. The molecule has 1 N–H and O–H groups in total. The van der Waals surface area contributed by atoms with E-state index in [-0.39, 0.29) is 6.10 Å². The van der Waals surface area contributed by atoms with Crippen LogP contribution in [0, 0.1) is 11.3 Å². The Balaban J connectivity index is 2.40. The van der Waals surface area contributed by atoms with Crippen LogP contribution in [0.3, 0.4) is 0 Å². The summed E-state index contributed by atoms with van der Waals surface area (Å²) in [6.07, 6.45) is 7.99. The van der Waals surface area contributed by atoms with Gasteiger partial charge in [0.25, 0.3) is 0 Å². The molecule has 1 aliphatic rings. The lowest BCUT2D eigenvalue weighted by Gasteiger charge is -2.36. The van der Waals surface area contributed by atoms with Crippen LogP contribution in [0.5, 0.6) is 0 Å². The topological polar surface area (TPSA) is 20.2 Å². The fourth-order valence-corrected chi connectivity index (χ4v) is 2.56. The standard InChI is InChI=1S/C12H24O/c1-10(11(2)13)9-12(3)7-5-4-6-8-12/h10-11,13H,4-9H2,1-3H3. The van der Waals surface area contributed by atoms with Gasteiger partial charge >= 0.3 is 0 Å². The molecular formula is C12H24O. The molecule has 0 amide bonds. The van der Waals surface area contributed by atoms with Crippen LogP contribution in [0.25, 0.3) is 0 Å². The van der Waals surface area contributed by atoms with Crippen molar-refractivity contribution < 1.29 is 5.11 Å². The van der Waals surface area contributed by atoms with Crippen molar-refractivity contribution in [1.82, 2.24) is 0 Å². The summed E-state index contributed by atoms with van der Waals surface area (Å²) in [4.78, 5) is 0. The van der Waals surface area contributed by atoms with Gasteiger partial charge in [0.2, 0.25) is 0 Å². The second kappa shape index (κ2) is 4.45. The zero-order valence-corrected chi connectivity index (χ0v) is 9.34. The Morgan fingerprint density at radius 1 is 1.15 bits per heavy atom. The third-order valence-electron chi connectivity index (χ3n) is 3.70. The number of hydrogen-bond donors (Lipinski definition) is 1. The average molecular weight is 184 g/mol. The second-order valence-electron chi connectivity index (χ2n) is 5.29. The first-order chi connectivity index (χ1) is 6.03. The molecule has 0 aromatic rings. The fourth-order valence-electron chi connectivity index (χ4n) is 2.56. The minimum Gasteiger partial charge on any atom is -0.393 e. The molecule has 1 saturated carbocycles. The van der Waals surface area contributed by atoms with E-state index in [2.05, 4.69) is 13.8 Å². The largest absolute Gasteiger partial charge is 0.393 e. The van der Waals surface area contributed by atoms with E-state index in [4.69, 9.17) is 0 Å². The fraction of sp³-hybridized carbons (Fsp3) is 1.00. The molecule has 1 rings (SSSR count). The van der Waals surface area contributed by atoms with Gasteiger partial charge in [0, 0.05) is 0 Å². The molecule has 78 valence electrons. The van der Waals surface area contributed by atoms with Gasteiger partial charge in [-0.15, -0.1) is 0 Å². The van der Waals surface area contributed by atoms with Crippen molar-refractivity contribution in [2.24, 2.45) is 11.3 Å². The summed E-state index contributed by atoms with van der Waals surface area (Å²) in [5.74, 6) is 0.461. The molecule has 0 aromatic carbocycles. The van der Waals surface area contributed by atoms with Crippen LogP contribution in [-0.2, 0) is 0 Å². The lowest BCUT2D eigenvalue weighted by molar-refractivity contribution is 0.0807. The highest BCUT2D eigenvalue weighted by Gasteiger charge is 2.29. The lowest BCUT2D eigenvalue weighted by atomic mass is 9.70. The van der Waals surface area contributed by atoms with E-state index in [0.717, 1.165) is 0 Å². The first kappa shape index (κ1) is 11.0. The normalized spacial score (nSPS) is 26.8. The quantitative estimate of drug-likeness (QED) is 0.713. The zero-order chi connectivity index (χ0) is 9.90. The van der Waals surface area contributed by atoms with Crippen molar-refractivity contribution in [3.8, 4) is 0 Å². The molecule has 13 heavy (non-hydrogen) atoms. The Hall–Kier alpha value is -0.0400. The third-order valence-corrected chi connectivity index (χ3v) is 3.70. The minimum absolute atomic E-state index is 0.140. The highest BCUT2D eigenvalue weighted by atomic mass is 16.3. The average Bonchev–Trinajstić information content (AvgIpc) is 2.04. The summed E-state index contributed by atoms with van der Waals surface area (Å²) in [6.45, 7) is 6.48. The number of hydrogen-bond acceptors (Lipinski definition) is 1. The molecule has 0 bridgehead atoms. The van der Waals surface area contributed by atoms with Crippen LogP contribution in [0.15, 0.2) is 0 Å². The van der Waals surface area contributed by atoms with Crippen LogP contribution in [0.4, 0.5) is 0 Å². The van der Waals surface area contributed by atoms with Gasteiger partial charge in [0.05, 0.1) is 6.10 Å². The highest BCUT2D eigenvalue weighted by Crippen LogP contribution is 2.41. The summed E-state index contributed by atoms with van der Waals surface area (Å²) in [5.41, 5.74) is 0.522. The molecule has 2 atom stereocenters. The van der Waals surface area contributed by atoms with Gasteiger partial charge in [-0.1, -0.05) is 33.1 Å². The van der Waals surface area contributed by atoms with E-state index in [1.165, 1.54) is 38.5 Å². The molecule has 0 radical (unpaired) electrons. The van der Waals surface area contributed by atoms with Crippen LogP contribution in [-0.4, -0.2) is 11.2 Å². The predicted molar refractivity (Wildman–Crippen MR) is 56.7 cm³/mol. The van der Waals surface area contributed by atoms with Gasteiger partial charge in [0.15, 0.2) is 0 Å². The predicted octanol–water partition coefficient (Wildman–Crippen LogP) is 3.36. The van der Waals surface area contributed by atoms with Crippen molar-refractivity contribution in [2.75, 3.05) is 0 Å². The maximum atomic E-state index is 9.47. The summed E-state index contributed by atoms with van der Waals surface area (Å²) in [5, 5.41) is 9.47. The van der Waals surface area contributed by atoms with E-state index in [9.17, 15) is 5.11 Å². The Labute approximate surface area is 82.5 Å². The Bertz CT molecular complexity index is 145. The molecule has 0 saturated heterocycles. The second-order valence-corrected chi connectivity index (χ2v) is 5.29. The number of rotatable bonds is 3. The lowest BCUT2D eigenvalue weighted by Crippen LogP contribution is -2.26. The van der Waals surface area contributed by atoms with E-state index in [1.54, 1.807) is 0 Å². The van der Waals surface area contributed by atoms with Crippen LogP contribution in [0.1, 0.15) is 59.3 Å². The maximum absolute atomic E-state index is 9.47. The molecule has 0 heterocycles. The van der Waals surface area contributed by atoms with Gasteiger partial charge in [-0.2, -0.15) is 0 Å². The van der Waals surface area contributed by atoms with Crippen molar-refractivity contribution >= 4 is 0 Å². The smallest absolute Gasteiger partial charge is 0.0537 e. The van der Waals surface area contributed by atoms with Gasteiger partial charge in [-0.3, -0.25) is 0 Å². The molecular weight excluding hydrogens is 160 g/mol. The molecule has 1 aliphatic carbocycles. The molecule has 0 aliphatic heterocycles. The van der Waals surface area contributed by atoms with Gasteiger partial charge < -0.3 is 5.11 Å². The van der Waals surface area contributed by atoms with E-state index in [1.807, 2.05) is 6.92 Å². The van der Waals surface area contributed by atoms with Crippen LogP contribution >= 0.6 is 0 Å². The Morgan fingerprint density at radius 2 is 1.69 bits per heavy atom. The van der Waals surface area contributed by atoms with Crippen molar-refractivity contribution in [1.29, 1.82) is 0 Å². The summed E-state index contributed by atoms with van der Waals surface area (Å²) in [6, 6.07) is 0. The summed E-state index contributed by atoms with van der Waals surface area (Å²) < 4.78 is 0. The third kappa shape index (κ3) is 3.30. The number of aliphatic hydroxyl groups excluding tert-OH is 1. The molecule has 0 aromatic heterocycles. The molecule has 0 spiro atoms. The van der Waals surface area contributed by atoms with Gasteiger partial charge in [-0.25, -0.2) is 0 Å². The zero-order valence-electron chi connectivity index (χ0n) is 9.34. The van der Waals surface area contributed by atoms with Gasteiger partial charge in [-0.05, 0) is 37.5 Å². The van der Waals surface area contributed by atoms with Crippen molar-refractivity contribution in [3.05, 3.63) is 0 Å². The summed E-state index contributed by atoms with van der Waals surface area (Å²) in [7, 11) is 0. The molecule has 1 nitrogen and oxygen atoms in total. The number of aliphatic hydroxyl groups is 1. The van der Waals surface area contributed by atoms with Gasteiger partial charge in [0.1, 0.15) is 0 Å². The van der Waals surface area contributed by atoms with Crippen LogP contribution < -0.4 is 0 Å². The maximum Gasteiger partial charge on any atom is 0.0537 e. The van der Waals surface area contributed by atoms with E-state index < -0.39 is 0 Å². The molecule has 2 unspecified atom stereocenters. The monoisotopic (exact) mass is 184 g/mol. The van der Waals surface area contributed by atoms with E-state index in [0.29, 0.717) is 11.3 Å². The molecule has 1 heteroatoms. The SMILES string of the molecule is CC(O)C(C)CC1(C)CCCCC1. The van der Waals surface area contributed by atoms with Crippen molar-refractivity contribution in [3.63, 3.8) is 0 Å². The molecule has 1 fully saturated rings. The van der Waals surface area contributed by atoms with Crippen LogP contribution in [0.2, 0.25) is 0 Å². The van der Waals surface area contributed by atoms with E-state index >= 15 is 0 Å². The Morgan fingerprint density at radius 3 is 2.15 bits per heavy atom. The first-order valence-corrected chi connectivity index (χ1v) is 5.72. The highest BCUT2D eigenvalue weighted by molar-refractivity contribution is 4.81. The Kier molecular flexibility index (Phi) is 3.78. The van der Waals surface area contributed by atoms with Crippen molar-refractivity contribution in [2.45, 2.75) is 65.4 Å². The first-order valence-electron chi connectivity index (χ1n) is 5.72.